The first-order chi connectivity index (χ1) is 20.3. The van der Waals surface area contributed by atoms with Gasteiger partial charge in [-0.3, -0.25) is 14.4 Å². The van der Waals surface area contributed by atoms with E-state index in [1.54, 1.807) is 30.3 Å². The molecule has 0 aliphatic heterocycles. The van der Waals surface area contributed by atoms with Gasteiger partial charge in [0.15, 0.2) is 23.1 Å². The number of carbonyl (C=O) groups excluding carboxylic acids is 3. The Kier molecular flexibility index (Phi) is 7.54. The van der Waals surface area contributed by atoms with Gasteiger partial charge in [0, 0.05) is 34.6 Å². The van der Waals surface area contributed by atoms with Crippen molar-refractivity contribution in [3.63, 3.8) is 0 Å². The van der Waals surface area contributed by atoms with Gasteiger partial charge in [-0.05, 0) is 42.6 Å². The first-order valence-electron chi connectivity index (χ1n) is 12.3. The van der Waals surface area contributed by atoms with Crippen molar-refractivity contribution in [1.82, 2.24) is 19.7 Å². The molecular weight excluding hydrogens is 540 g/mol. The fourth-order valence-corrected chi connectivity index (χ4v) is 4.10. The largest absolute Gasteiger partial charge is 0.505 e. The summed E-state index contributed by atoms with van der Waals surface area (Å²) >= 11 is 0. The number of amides is 1. The number of ketones is 2. The lowest BCUT2D eigenvalue weighted by atomic mass is 10.0. The molecule has 0 atom stereocenters. The molecule has 2 aromatic heterocycles. The maximum absolute atomic E-state index is 13.4. The number of nitrogens with one attached hydrogen (secondary N) is 1. The number of hydrogen-bond acceptors (Lipinski definition) is 10. The summed E-state index contributed by atoms with van der Waals surface area (Å²) in [5, 5.41) is 36.7. The van der Waals surface area contributed by atoms with Gasteiger partial charge in [0.25, 0.3) is 17.5 Å². The summed E-state index contributed by atoms with van der Waals surface area (Å²) in [6, 6.07) is 14.0. The number of benzene rings is 3. The van der Waals surface area contributed by atoms with E-state index in [-0.39, 0.29) is 51.3 Å². The number of anilines is 1. The lowest BCUT2D eigenvalue weighted by Gasteiger charge is -2.12. The molecule has 3 N–H and O–H groups in total. The predicted octanol–water partition coefficient (Wildman–Crippen LogP) is 5.12. The van der Waals surface area contributed by atoms with Crippen LogP contribution >= 0.6 is 0 Å². The Labute approximate surface area is 237 Å². The molecule has 0 spiro atoms. The zero-order chi connectivity index (χ0) is 29.8. The van der Waals surface area contributed by atoms with E-state index < -0.39 is 24.0 Å². The van der Waals surface area contributed by atoms with Crippen LogP contribution in [0.3, 0.4) is 0 Å². The van der Waals surface area contributed by atoms with Crippen LogP contribution in [-0.4, -0.2) is 54.0 Å². The van der Waals surface area contributed by atoms with E-state index in [9.17, 15) is 24.6 Å². The zero-order valence-electron chi connectivity index (χ0n) is 21.9. The number of rotatable bonds is 8. The molecule has 5 rings (SSSR count). The van der Waals surface area contributed by atoms with Gasteiger partial charge in [0.1, 0.15) is 12.3 Å². The van der Waals surface area contributed by atoms with Crippen LogP contribution in [0.4, 0.5) is 22.9 Å². The highest BCUT2D eigenvalue weighted by Crippen LogP contribution is 2.40. The zero-order valence-corrected chi connectivity index (χ0v) is 21.9. The van der Waals surface area contributed by atoms with Crippen molar-refractivity contribution in [2.45, 2.75) is 6.92 Å². The second-order valence-electron chi connectivity index (χ2n) is 8.86. The third-order valence-electron chi connectivity index (χ3n) is 6.13. The number of phenols is 1. The average molecular weight is 561 g/mol. The molecule has 0 fully saturated rings. The standard InChI is InChI=1S/C29H20N8O5/c1-16(39)18-10-19(24(40)15-38)12-20(11-18)34-28(42)22-13-17-6-3-4-7-21(17)25(26(22)41)35-36-27-23(30-2)14-33-37(27)29-31-8-5-9-32-29/h3-14,38,41H,15H2,1H3,(H,34,42)/b36-35+. The van der Waals surface area contributed by atoms with E-state index in [4.69, 9.17) is 6.57 Å². The molecule has 206 valence electrons. The number of Topliss-reactive ketones (excluding diaryl/α,β-unsaturated/α-hetero) is 2. The Morgan fingerprint density at radius 3 is 2.48 bits per heavy atom. The van der Waals surface area contributed by atoms with Crippen molar-refractivity contribution in [1.29, 1.82) is 0 Å². The topological polar surface area (TPSA) is 176 Å². The first kappa shape index (κ1) is 27.4. The maximum atomic E-state index is 13.4. The van der Waals surface area contributed by atoms with Gasteiger partial charge in [-0.1, -0.05) is 24.3 Å². The van der Waals surface area contributed by atoms with Crippen LogP contribution < -0.4 is 5.32 Å². The van der Waals surface area contributed by atoms with Crippen molar-refractivity contribution >= 4 is 51.1 Å². The van der Waals surface area contributed by atoms with E-state index in [0.717, 1.165) is 0 Å². The predicted molar refractivity (Wildman–Crippen MR) is 151 cm³/mol. The third kappa shape index (κ3) is 5.33. The summed E-state index contributed by atoms with van der Waals surface area (Å²) in [6.07, 6.45) is 4.28. The van der Waals surface area contributed by atoms with Gasteiger partial charge < -0.3 is 15.5 Å². The number of nitrogens with zero attached hydrogens (tertiary/aromatic N) is 7. The van der Waals surface area contributed by atoms with Crippen LogP contribution in [0.1, 0.15) is 38.0 Å². The van der Waals surface area contributed by atoms with E-state index in [1.807, 2.05) is 0 Å². The van der Waals surface area contributed by atoms with Gasteiger partial charge in [0.05, 0.1) is 18.3 Å². The molecule has 0 radical (unpaired) electrons. The number of aliphatic hydroxyl groups is 1. The van der Waals surface area contributed by atoms with Crippen molar-refractivity contribution in [3.8, 4) is 11.7 Å². The lowest BCUT2D eigenvalue weighted by molar-refractivity contribution is 0.0903. The van der Waals surface area contributed by atoms with Gasteiger partial charge >= 0.3 is 0 Å². The number of hydrogen-bond donors (Lipinski definition) is 3. The Morgan fingerprint density at radius 2 is 1.76 bits per heavy atom. The monoisotopic (exact) mass is 560 g/mol. The summed E-state index contributed by atoms with van der Waals surface area (Å²) in [6.45, 7) is 8.00. The summed E-state index contributed by atoms with van der Waals surface area (Å²) in [5.41, 5.74) is 0.126. The minimum atomic E-state index is -0.779. The molecule has 0 aliphatic rings. The molecule has 0 unspecified atom stereocenters. The summed E-state index contributed by atoms with van der Waals surface area (Å²) in [5.74, 6) is -2.10. The van der Waals surface area contributed by atoms with E-state index >= 15 is 0 Å². The minimum absolute atomic E-state index is 0.0108. The number of carbonyl (C=O) groups is 3. The summed E-state index contributed by atoms with van der Waals surface area (Å²) in [4.78, 5) is 49.2. The van der Waals surface area contributed by atoms with Gasteiger partial charge in [0.2, 0.25) is 0 Å². The number of azo groups is 1. The maximum Gasteiger partial charge on any atom is 0.259 e. The number of aromatic hydroxyl groups is 1. The third-order valence-corrected chi connectivity index (χ3v) is 6.13. The van der Waals surface area contributed by atoms with Gasteiger partial charge in [-0.15, -0.1) is 10.2 Å². The molecule has 2 heterocycles. The second kappa shape index (κ2) is 11.5. The number of fused-ring (bicyclic) bond motifs is 1. The Balaban J connectivity index is 1.59. The highest BCUT2D eigenvalue weighted by atomic mass is 16.3. The fraction of sp³-hybridized carbons (Fsp3) is 0.0690. The van der Waals surface area contributed by atoms with Crippen LogP contribution in [0.2, 0.25) is 0 Å². The molecule has 3 aromatic carbocycles. The smallest absolute Gasteiger partial charge is 0.259 e. The Morgan fingerprint density at radius 1 is 1.02 bits per heavy atom. The Bertz CT molecular complexity index is 1940. The van der Waals surface area contributed by atoms with E-state index in [2.05, 4.69) is 35.5 Å². The van der Waals surface area contributed by atoms with Crippen molar-refractivity contribution in [2.75, 3.05) is 11.9 Å². The molecule has 1 amide bonds. The fourth-order valence-electron chi connectivity index (χ4n) is 4.10. The van der Waals surface area contributed by atoms with E-state index in [1.165, 1.54) is 54.5 Å². The normalized spacial score (nSPS) is 11.0. The number of aliphatic hydroxyl groups excluding tert-OH is 1. The quantitative estimate of drug-likeness (QED) is 0.133. The molecule has 5 aromatic rings. The molecule has 0 bridgehead atoms. The molecule has 0 saturated carbocycles. The van der Waals surface area contributed by atoms with Gasteiger partial charge in [-0.25, -0.2) is 14.8 Å². The number of aromatic nitrogens is 4. The van der Waals surface area contributed by atoms with Gasteiger partial charge in [-0.2, -0.15) is 9.78 Å². The van der Waals surface area contributed by atoms with Crippen LogP contribution in [0.5, 0.6) is 5.75 Å². The molecule has 13 heteroatoms. The lowest BCUT2D eigenvalue weighted by Crippen LogP contribution is -2.14. The Hall–Kier alpha value is -6.13. The van der Waals surface area contributed by atoms with E-state index in [0.29, 0.717) is 10.8 Å². The molecule has 13 nitrogen and oxygen atoms in total. The number of phenolic OH excluding ortho intramolecular Hbond substituents is 1. The van der Waals surface area contributed by atoms with Crippen LogP contribution in [0.15, 0.2) is 83.4 Å². The molecule has 0 saturated heterocycles. The SMILES string of the molecule is [C-]#[N+]c1cnn(-c2ncccn2)c1/N=N/c1c(O)c(C(=O)Nc2cc(C(C)=O)cc(C(=O)CO)c2)cc2ccccc12. The molecule has 0 aliphatic carbocycles. The highest BCUT2D eigenvalue weighted by Gasteiger charge is 2.21. The molecular formula is C29H20N8O5. The second-order valence-corrected chi connectivity index (χ2v) is 8.86. The summed E-state index contributed by atoms with van der Waals surface area (Å²) < 4.78 is 1.22. The van der Waals surface area contributed by atoms with Crippen molar-refractivity contribution < 1.29 is 24.6 Å². The van der Waals surface area contributed by atoms with Crippen LogP contribution in [-0.2, 0) is 0 Å². The van der Waals surface area contributed by atoms with Crippen LogP contribution in [0.25, 0.3) is 21.6 Å². The van der Waals surface area contributed by atoms with Crippen molar-refractivity contribution in [2.24, 2.45) is 10.2 Å². The van der Waals surface area contributed by atoms with Crippen molar-refractivity contribution in [3.05, 3.63) is 101 Å². The highest BCUT2D eigenvalue weighted by molar-refractivity contribution is 6.12. The average Bonchev–Trinajstić information content (AvgIpc) is 3.43. The minimum Gasteiger partial charge on any atom is -0.505 e. The van der Waals surface area contributed by atoms with Crippen LogP contribution in [0, 0.1) is 6.57 Å². The summed E-state index contributed by atoms with van der Waals surface area (Å²) in [7, 11) is 0. The first-order valence-corrected chi connectivity index (χ1v) is 12.3. The molecule has 42 heavy (non-hydrogen) atoms.